The first kappa shape index (κ1) is 38.3. The zero-order valence-corrected chi connectivity index (χ0v) is 32.6. The van der Waals surface area contributed by atoms with E-state index in [2.05, 4.69) is 42.5 Å². The fraction of sp³-hybridized carbons (Fsp3) is 0.368. The lowest BCUT2D eigenvalue weighted by molar-refractivity contribution is -0.142. The van der Waals surface area contributed by atoms with Crippen LogP contribution >= 0.6 is 22.9 Å². The molecule has 1 amide bonds. The molecule has 5 aromatic rings. The molecule has 0 aliphatic carbocycles. The Labute approximate surface area is 325 Å². The Balaban J connectivity index is 1.17. The Hall–Kier alpha value is -4.97. The van der Waals surface area contributed by atoms with E-state index in [4.69, 9.17) is 16.3 Å². The summed E-state index contributed by atoms with van der Waals surface area (Å²) in [5, 5.41) is 12.5. The summed E-state index contributed by atoms with van der Waals surface area (Å²) in [5.74, 6) is 6.02. The maximum absolute atomic E-state index is 14.6. The van der Waals surface area contributed by atoms with Crippen molar-refractivity contribution < 1.29 is 22.3 Å². The van der Waals surface area contributed by atoms with Gasteiger partial charge in [0, 0.05) is 66.0 Å². The van der Waals surface area contributed by atoms with Crippen LogP contribution in [0.15, 0.2) is 46.8 Å². The first-order valence-electron chi connectivity index (χ1n) is 17.5. The minimum absolute atomic E-state index is 0.0332. The van der Waals surface area contributed by atoms with Gasteiger partial charge in [-0.25, -0.2) is 27.5 Å². The summed E-state index contributed by atoms with van der Waals surface area (Å²) in [5.41, 5.74) is 1.13. The molecule has 6 heterocycles. The molecular weight excluding hydrogens is 767 g/mol. The second kappa shape index (κ2) is 15.3. The fourth-order valence-electron chi connectivity index (χ4n) is 6.96. The minimum Gasteiger partial charge on any atom is -0.375 e. The third-order valence-electron chi connectivity index (χ3n) is 10.0. The molecule has 1 N–H and O–H groups in total. The summed E-state index contributed by atoms with van der Waals surface area (Å²) in [7, 11) is -1.92. The van der Waals surface area contributed by atoms with E-state index in [1.807, 2.05) is 11.9 Å². The molecule has 13 nitrogen and oxygen atoms in total. The number of amides is 1. The predicted octanol–water partition coefficient (Wildman–Crippen LogP) is 4.67. The lowest BCUT2D eigenvalue weighted by atomic mass is 9.99. The average Bonchev–Trinajstić information content (AvgIpc) is 3.60. The molecule has 2 saturated heterocycles. The number of likely N-dealkylation sites (tertiary alicyclic amines) is 1. The SMILES string of the molecule is CCS(=O)(=O)NC(=O)c1csc2c(-c3cc(Cl)ccc3C#CCn3c(C)nc4cnc(N(C)C5CCN(CC6(F)COC6)CC5)c(C#N)c4c3=O)ccnc12. The Morgan fingerprint density at radius 2 is 1.98 bits per heavy atom. The average molecular weight is 803 g/mol. The number of ether oxygens (including phenoxy) is 1. The Bertz CT molecular complexity index is 2620. The van der Waals surface area contributed by atoms with Crippen molar-refractivity contribution in [3.8, 4) is 29.0 Å². The number of nitrogens with zero attached hydrogens (tertiary/aromatic N) is 7. The molecular formula is C38H36ClFN8O5S2. The number of anilines is 1. The van der Waals surface area contributed by atoms with Gasteiger partial charge in [-0.3, -0.25) is 24.0 Å². The zero-order valence-electron chi connectivity index (χ0n) is 30.2. The van der Waals surface area contributed by atoms with Gasteiger partial charge in [0.25, 0.3) is 11.5 Å². The maximum atomic E-state index is 14.6. The van der Waals surface area contributed by atoms with E-state index in [9.17, 15) is 27.7 Å². The molecule has 1 aromatic carbocycles. The number of benzene rings is 1. The highest BCUT2D eigenvalue weighted by Crippen LogP contribution is 2.37. The van der Waals surface area contributed by atoms with Gasteiger partial charge in [-0.2, -0.15) is 5.26 Å². The molecule has 0 saturated carbocycles. The number of sulfonamides is 1. The smallest absolute Gasteiger partial charge is 0.267 e. The van der Waals surface area contributed by atoms with Crippen LogP contribution in [0.3, 0.4) is 0 Å². The van der Waals surface area contributed by atoms with E-state index in [1.165, 1.54) is 35.2 Å². The van der Waals surface area contributed by atoms with Crippen molar-refractivity contribution in [3.63, 3.8) is 0 Å². The van der Waals surface area contributed by atoms with Crippen LogP contribution in [-0.4, -0.2) is 96.1 Å². The van der Waals surface area contributed by atoms with Crippen molar-refractivity contribution >= 4 is 65.8 Å². The Morgan fingerprint density at radius 3 is 2.67 bits per heavy atom. The standard InChI is InChI=1S/C38H36ClFN8O5S2/c1-4-55(51,52)45-36(49)30-19-54-34-27(9-12-42-33(30)34)28-16-25(39)8-7-24(28)6-5-13-48-23(2)44-31-18-43-35(29(17-41)32(31)37(48)50)46(3)26-10-14-47(15-11-26)20-38(40)21-53-22-38/h7-9,12,16,18-19,26H,4,10-11,13-15,20-22H2,1-3H3,(H,45,49). The fourth-order valence-corrected chi connectivity index (χ4v) is 8.70. The van der Waals surface area contributed by atoms with Gasteiger partial charge >= 0.3 is 0 Å². The second-order valence-corrected chi connectivity index (χ2v) is 17.0. The highest BCUT2D eigenvalue weighted by Gasteiger charge is 2.41. The van der Waals surface area contributed by atoms with Crippen LogP contribution in [0, 0.1) is 30.1 Å². The number of alkyl halides is 1. The minimum atomic E-state index is -3.78. The number of rotatable bonds is 9. The molecule has 0 bridgehead atoms. The van der Waals surface area contributed by atoms with Crippen molar-refractivity contribution in [2.75, 3.05) is 50.5 Å². The van der Waals surface area contributed by atoms with Gasteiger partial charge in [0.05, 0.1) is 58.4 Å². The number of piperidine rings is 1. The maximum Gasteiger partial charge on any atom is 0.267 e. The number of pyridine rings is 2. The number of fused-ring (bicyclic) bond motifs is 2. The van der Waals surface area contributed by atoms with Gasteiger partial charge in [-0.1, -0.05) is 23.4 Å². The molecule has 2 aliphatic rings. The monoisotopic (exact) mass is 802 g/mol. The third kappa shape index (κ3) is 7.65. The highest BCUT2D eigenvalue weighted by atomic mass is 35.5. The second-order valence-electron chi connectivity index (χ2n) is 13.7. The molecule has 0 radical (unpaired) electrons. The quantitative estimate of drug-likeness (QED) is 0.206. The molecule has 7 rings (SSSR count). The van der Waals surface area contributed by atoms with E-state index < -0.39 is 27.2 Å². The van der Waals surface area contributed by atoms with Crippen molar-refractivity contribution in [1.29, 1.82) is 5.26 Å². The summed E-state index contributed by atoms with van der Waals surface area (Å²) in [6.45, 7) is 5.08. The van der Waals surface area contributed by atoms with Gasteiger partial charge in [-0.05, 0) is 51.0 Å². The van der Waals surface area contributed by atoms with E-state index in [1.54, 1.807) is 36.6 Å². The van der Waals surface area contributed by atoms with Crippen molar-refractivity contribution in [1.82, 2.24) is 29.1 Å². The van der Waals surface area contributed by atoms with Crippen molar-refractivity contribution in [2.24, 2.45) is 0 Å². The molecule has 2 fully saturated rings. The predicted molar refractivity (Wildman–Crippen MR) is 210 cm³/mol. The van der Waals surface area contributed by atoms with Crippen LogP contribution < -0.4 is 15.2 Å². The van der Waals surface area contributed by atoms with Gasteiger partial charge in [0.1, 0.15) is 23.3 Å². The Morgan fingerprint density at radius 1 is 1.22 bits per heavy atom. The molecule has 0 unspecified atom stereocenters. The summed E-state index contributed by atoms with van der Waals surface area (Å²) in [6, 6.07) is 9.21. The molecule has 17 heteroatoms. The summed E-state index contributed by atoms with van der Waals surface area (Å²) in [6.07, 6.45) is 4.53. The highest BCUT2D eigenvalue weighted by molar-refractivity contribution is 7.90. The summed E-state index contributed by atoms with van der Waals surface area (Å²) < 4.78 is 48.0. The molecule has 4 aromatic heterocycles. The zero-order chi connectivity index (χ0) is 39.1. The first-order valence-corrected chi connectivity index (χ1v) is 20.4. The largest absolute Gasteiger partial charge is 0.375 e. The number of carbonyl (C=O) groups is 1. The van der Waals surface area contributed by atoms with Crippen LogP contribution in [0.5, 0.6) is 0 Å². The number of halogens is 2. The number of hydrogen-bond acceptors (Lipinski definition) is 12. The number of aromatic nitrogens is 4. The molecule has 0 atom stereocenters. The van der Waals surface area contributed by atoms with E-state index in [0.717, 1.165) is 12.8 Å². The number of hydrogen-bond donors (Lipinski definition) is 1. The van der Waals surface area contributed by atoms with Crippen LogP contribution in [0.1, 0.15) is 47.1 Å². The normalized spacial score (nSPS) is 15.9. The summed E-state index contributed by atoms with van der Waals surface area (Å²) >= 11 is 7.68. The number of aryl methyl sites for hydroxylation is 1. The molecule has 55 heavy (non-hydrogen) atoms. The van der Waals surface area contributed by atoms with Crippen molar-refractivity contribution in [2.45, 2.75) is 44.9 Å². The van der Waals surface area contributed by atoms with Gasteiger partial charge in [-0.15, -0.1) is 11.3 Å². The number of nitriles is 1. The van der Waals surface area contributed by atoms with Gasteiger partial charge < -0.3 is 9.64 Å². The molecule has 2 aliphatic heterocycles. The number of carbonyl (C=O) groups excluding carboxylic acids is 1. The molecule has 284 valence electrons. The van der Waals surface area contributed by atoms with Crippen LogP contribution in [-0.2, 0) is 21.3 Å². The Kier molecular flexibility index (Phi) is 10.6. The molecule has 0 spiro atoms. The number of nitrogens with one attached hydrogen (secondary N) is 1. The van der Waals surface area contributed by atoms with Crippen molar-refractivity contribution in [3.05, 3.63) is 79.9 Å². The summed E-state index contributed by atoms with van der Waals surface area (Å²) in [4.78, 5) is 44.5. The van der Waals surface area contributed by atoms with Crippen LogP contribution in [0.2, 0.25) is 5.02 Å². The number of thiophene rings is 1. The lowest BCUT2D eigenvalue weighted by Crippen LogP contribution is -2.56. The third-order valence-corrected chi connectivity index (χ3v) is 12.5. The van der Waals surface area contributed by atoms with Gasteiger partial charge in [0.15, 0.2) is 5.67 Å². The first-order chi connectivity index (χ1) is 26.3. The van der Waals surface area contributed by atoms with Crippen LogP contribution in [0.25, 0.3) is 32.2 Å². The van der Waals surface area contributed by atoms with E-state index in [0.29, 0.717) is 68.7 Å². The lowest BCUT2D eigenvalue weighted by Gasteiger charge is -2.42. The topological polar surface area (TPSA) is 163 Å². The van der Waals surface area contributed by atoms with E-state index in [-0.39, 0.29) is 48.1 Å². The van der Waals surface area contributed by atoms with E-state index >= 15 is 0 Å². The van der Waals surface area contributed by atoms with Crippen LogP contribution in [0.4, 0.5) is 10.2 Å². The van der Waals surface area contributed by atoms with Gasteiger partial charge in [0.2, 0.25) is 10.0 Å².